The number of nitrogens with one attached hydrogen (secondary N) is 1. The van der Waals surface area contributed by atoms with E-state index in [-0.39, 0.29) is 0 Å². The summed E-state index contributed by atoms with van der Waals surface area (Å²) in [7, 11) is 0. The van der Waals surface area contributed by atoms with E-state index in [9.17, 15) is 0 Å². The summed E-state index contributed by atoms with van der Waals surface area (Å²) in [6.07, 6.45) is 6.73. The lowest BCUT2D eigenvalue weighted by Gasteiger charge is -2.22. The summed E-state index contributed by atoms with van der Waals surface area (Å²) < 4.78 is 1.11. The lowest BCUT2D eigenvalue weighted by Crippen LogP contribution is -2.25. The third-order valence-corrected chi connectivity index (χ3v) is 3.85. The number of hydrogen-bond donors (Lipinski definition) is 1. The molecule has 0 aliphatic carbocycles. The smallest absolute Gasteiger partial charge is 0.0714 e. The van der Waals surface area contributed by atoms with Crippen LogP contribution >= 0.6 is 15.9 Å². The normalized spacial score (nSPS) is 14.4. The van der Waals surface area contributed by atoms with Gasteiger partial charge in [-0.25, -0.2) is 0 Å². The van der Waals surface area contributed by atoms with Crippen molar-refractivity contribution in [3.63, 3.8) is 0 Å². The SMILES string of the molecule is CCCNC(CC(C)CCC)c1ncccc1Br. The van der Waals surface area contributed by atoms with Crippen molar-refractivity contribution in [3.8, 4) is 0 Å². The minimum Gasteiger partial charge on any atom is -0.309 e. The summed E-state index contributed by atoms with van der Waals surface area (Å²) in [6, 6.07) is 4.41. The third-order valence-electron chi connectivity index (χ3n) is 3.18. The summed E-state index contributed by atoms with van der Waals surface area (Å²) in [6.45, 7) is 7.84. The molecule has 1 rings (SSSR count). The molecule has 0 aliphatic rings. The first-order valence-corrected chi connectivity index (χ1v) is 7.82. The molecule has 1 N–H and O–H groups in total. The fraction of sp³-hybridized carbons (Fsp3) is 0.667. The Morgan fingerprint density at radius 2 is 2.11 bits per heavy atom. The highest BCUT2D eigenvalue weighted by molar-refractivity contribution is 9.10. The van der Waals surface area contributed by atoms with E-state index in [1.54, 1.807) is 0 Å². The standard InChI is InChI=1S/C15H25BrN2/c1-4-7-12(3)11-14(17-9-5-2)15-13(16)8-6-10-18-15/h6,8,10,12,14,17H,4-5,7,9,11H2,1-3H3. The molecule has 0 saturated carbocycles. The summed E-state index contributed by atoms with van der Waals surface area (Å²) in [5.74, 6) is 0.735. The van der Waals surface area contributed by atoms with Crippen molar-refractivity contribution < 1.29 is 0 Å². The zero-order chi connectivity index (χ0) is 13.4. The number of rotatable bonds is 8. The summed E-state index contributed by atoms with van der Waals surface area (Å²) in [5.41, 5.74) is 1.15. The molecule has 0 aliphatic heterocycles. The van der Waals surface area contributed by atoms with E-state index in [2.05, 4.69) is 53.1 Å². The quantitative estimate of drug-likeness (QED) is 0.752. The van der Waals surface area contributed by atoms with Crippen LogP contribution in [0, 0.1) is 5.92 Å². The van der Waals surface area contributed by atoms with Crippen LogP contribution in [0.2, 0.25) is 0 Å². The topological polar surface area (TPSA) is 24.9 Å². The van der Waals surface area contributed by atoms with E-state index in [4.69, 9.17) is 0 Å². The highest BCUT2D eigenvalue weighted by Crippen LogP contribution is 2.27. The largest absolute Gasteiger partial charge is 0.309 e. The minimum absolute atomic E-state index is 0.363. The van der Waals surface area contributed by atoms with Crippen molar-refractivity contribution >= 4 is 15.9 Å². The van der Waals surface area contributed by atoms with Gasteiger partial charge in [0.25, 0.3) is 0 Å². The molecule has 3 heteroatoms. The second kappa shape index (κ2) is 8.65. The van der Waals surface area contributed by atoms with Gasteiger partial charge < -0.3 is 5.32 Å². The zero-order valence-electron chi connectivity index (χ0n) is 11.7. The van der Waals surface area contributed by atoms with Crippen LogP contribution in [0.4, 0.5) is 0 Å². The van der Waals surface area contributed by atoms with Crippen molar-refractivity contribution in [1.82, 2.24) is 10.3 Å². The molecular weight excluding hydrogens is 288 g/mol. The van der Waals surface area contributed by atoms with Gasteiger partial charge in [-0.1, -0.05) is 33.6 Å². The van der Waals surface area contributed by atoms with Crippen LogP contribution in [0.3, 0.4) is 0 Å². The van der Waals surface area contributed by atoms with Crippen LogP contribution in [0.25, 0.3) is 0 Å². The molecule has 0 radical (unpaired) electrons. The Hall–Kier alpha value is -0.410. The maximum atomic E-state index is 4.54. The summed E-state index contributed by atoms with van der Waals surface area (Å²) in [4.78, 5) is 4.54. The molecule has 1 aromatic heterocycles. The highest BCUT2D eigenvalue weighted by atomic mass is 79.9. The van der Waals surface area contributed by atoms with Crippen molar-refractivity contribution in [1.29, 1.82) is 0 Å². The second-order valence-corrected chi connectivity index (χ2v) is 5.86. The highest BCUT2D eigenvalue weighted by Gasteiger charge is 2.17. The Kier molecular flexibility index (Phi) is 7.52. The van der Waals surface area contributed by atoms with E-state index in [0.717, 1.165) is 35.5 Å². The fourth-order valence-corrected chi connectivity index (χ4v) is 2.81. The van der Waals surface area contributed by atoms with Gasteiger partial charge in [-0.15, -0.1) is 0 Å². The van der Waals surface area contributed by atoms with Gasteiger partial charge in [0.05, 0.1) is 11.7 Å². The fourth-order valence-electron chi connectivity index (χ4n) is 2.28. The van der Waals surface area contributed by atoms with Gasteiger partial charge in [0.2, 0.25) is 0 Å². The molecular formula is C15H25BrN2. The first kappa shape index (κ1) is 15.6. The molecule has 2 unspecified atom stereocenters. The van der Waals surface area contributed by atoms with Gasteiger partial charge in [-0.2, -0.15) is 0 Å². The first-order chi connectivity index (χ1) is 8.69. The molecule has 1 heterocycles. The third kappa shape index (κ3) is 5.07. The van der Waals surface area contributed by atoms with Crippen LogP contribution in [-0.4, -0.2) is 11.5 Å². The molecule has 0 aromatic carbocycles. The maximum Gasteiger partial charge on any atom is 0.0714 e. The van der Waals surface area contributed by atoms with Gasteiger partial charge in [0.1, 0.15) is 0 Å². The van der Waals surface area contributed by atoms with Gasteiger partial charge in [-0.05, 0) is 53.4 Å². The Morgan fingerprint density at radius 1 is 1.33 bits per heavy atom. The molecule has 102 valence electrons. The number of nitrogens with zero attached hydrogens (tertiary/aromatic N) is 1. The molecule has 0 saturated heterocycles. The Morgan fingerprint density at radius 3 is 2.72 bits per heavy atom. The molecule has 2 nitrogen and oxygen atoms in total. The maximum absolute atomic E-state index is 4.54. The lowest BCUT2D eigenvalue weighted by molar-refractivity contribution is 0.384. The van der Waals surface area contributed by atoms with Crippen LogP contribution in [0.5, 0.6) is 0 Å². The van der Waals surface area contributed by atoms with Gasteiger partial charge in [0.15, 0.2) is 0 Å². The number of pyridine rings is 1. The van der Waals surface area contributed by atoms with Gasteiger partial charge >= 0.3 is 0 Å². The van der Waals surface area contributed by atoms with Crippen molar-refractivity contribution in [2.24, 2.45) is 5.92 Å². The molecule has 18 heavy (non-hydrogen) atoms. The van der Waals surface area contributed by atoms with Crippen LogP contribution in [0.1, 0.15) is 58.2 Å². The average Bonchev–Trinajstić information content (AvgIpc) is 2.35. The predicted molar refractivity (Wildman–Crippen MR) is 81.7 cm³/mol. The zero-order valence-corrected chi connectivity index (χ0v) is 13.3. The Labute approximate surface area is 120 Å². The number of halogens is 1. The van der Waals surface area contributed by atoms with Crippen LogP contribution in [-0.2, 0) is 0 Å². The molecule has 0 spiro atoms. The van der Waals surface area contributed by atoms with Crippen LogP contribution < -0.4 is 5.32 Å². The lowest BCUT2D eigenvalue weighted by atomic mass is 9.95. The first-order valence-electron chi connectivity index (χ1n) is 7.02. The second-order valence-electron chi connectivity index (χ2n) is 5.01. The van der Waals surface area contributed by atoms with Gasteiger partial charge in [0, 0.05) is 10.7 Å². The minimum atomic E-state index is 0.363. The average molecular weight is 313 g/mol. The molecule has 0 fully saturated rings. The molecule has 1 aromatic rings. The predicted octanol–water partition coefficient (Wildman–Crippen LogP) is 4.71. The van der Waals surface area contributed by atoms with Crippen LogP contribution in [0.15, 0.2) is 22.8 Å². The van der Waals surface area contributed by atoms with Crippen molar-refractivity contribution in [3.05, 3.63) is 28.5 Å². The monoisotopic (exact) mass is 312 g/mol. The van der Waals surface area contributed by atoms with Gasteiger partial charge in [-0.3, -0.25) is 4.98 Å². The van der Waals surface area contributed by atoms with E-state index in [1.807, 2.05) is 12.3 Å². The van der Waals surface area contributed by atoms with E-state index >= 15 is 0 Å². The Balaban J connectivity index is 2.74. The van der Waals surface area contributed by atoms with Crippen molar-refractivity contribution in [2.45, 2.75) is 52.5 Å². The number of aromatic nitrogens is 1. The Bertz CT molecular complexity index is 341. The summed E-state index contributed by atoms with van der Waals surface area (Å²) >= 11 is 3.62. The molecule has 0 bridgehead atoms. The van der Waals surface area contributed by atoms with E-state index in [0.29, 0.717) is 6.04 Å². The molecule has 2 atom stereocenters. The number of hydrogen-bond acceptors (Lipinski definition) is 2. The molecule has 0 amide bonds. The summed E-state index contributed by atoms with van der Waals surface area (Å²) in [5, 5.41) is 3.62. The van der Waals surface area contributed by atoms with E-state index < -0.39 is 0 Å². The van der Waals surface area contributed by atoms with E-state index in [1.165, 1.54) is 12.8 Å². The van der Waals surface area contributed by atoms with Crippen molar-refractivity contribution in [2.75, 3.05) is 6.54 Å².